The highest BCUT2D eigenvalue weighted by Crippen LogP contribution is 2.20. The number of hydrogen-bond acceptors (Lipinski definition) is 4. The summed E-state index contributed by atoms with van der Waals surface area (Å²) in [5.74, 6) is -0.683. The topological polar surface area (TPSA) is 88.2 Å². The molecule has 8 heteroatoms. The van der Waals surface area contributed by atoms with Gasteiger partial charge in [0, 0.05) is 19.2 Å². The molecule has 6 nitrogen and oxygen atoms in total. The van der Waals surface area contributed by atoms with Gasteiger partial charge < -0.3 is 5.32 Å². The predicted octanol–water partition coefficient (Wildman–Crippen LogP) is 3.03. The molecule has 3 aromatic rings. The van der Waals surface area contributed by atoms with Crippen molar-refractivity contribution in [2.45, 2.75) is 18.4 Å². The average Bonchev–Trinajstić information content (AvgIpc) is 2.72. The van der Waals surface area contributed by atoms with Crippen molar-refractivity contribution in [3.05, 3.63) is 83.3 Å². The smallest absolute Gasteiger partial charge is 0.252 e. The molecule has 0 spiro atoms. The van der Waals surface area contributed by atoms with Gasteiger partial charge in [-0.3, -0.25) is 9.78 Å². The van der Waals surface area contributed by atoms with Gasteiger partial charge >= 0.3 is 0 Å². The van der Waals surface area contributed by atoms with Gasteiger partial charge in [0.2, 0.25) is 10.0 Å². The van der Waals surface area contributed by atoms with Crippen molar-refractivity contribution < 1.29 is 17.6 Å². The summed E-state index contributed by atoms with van der Waals surface area (Å²) in [5.41, 5.74) is 3.47. The van der Waals surface area contributed by atoms with Crippen LogP contribution in [0.15, 0.2) is 65.6 Å². The third-order valence-electron chi connectivity index (χ3n) is 4.40. The zero-order valence-electron chi connectivity index (χ0n) is 15.9. The van der Waals surface area contributed by atoms with E-state index in [0.29, 0.717) is 17.0 Å². The SMILES string of the molecule is CNC(=O)c1ccc(-c2ccc(CNS(=O)(=O)c3ccc(F)cc3)cc2)nc1C. The van der Waals surface area contributed by atoms with Crippen LogP contribution in [0, 0.1) is 12.7 Å². The van der Waals surface area contributed by atoms with Crippen LogP contribution in [0.5, 0.6) is 0 Å². The Hall–Kier alpha value is -3.10. The largest absolute Gasteiger partial charge is 0.355 e. The number of aryl methyl sites for hydroxylation is 1. The fourth-order valence-corrected chi connectivity index (χ4v) is 3.78. The van der Waals surface area contributed by atoms with E-state index in [1.807, 2.05) is 12.1 Å². The molecular formula is C21H20FN3O3S. The maximum absolute atomic E-state index is 13.0. The standard InChI is InChI=1S/C21H20FN3O3S/c1-14-19(21(26)23-2)11-12-20(25-14)16-5-3-15(4-6-16)13-24-29(27,28)18-9-7-17(22)8-10-18/h3-12,24H,13H2,1-2H3,(H,23,26). The number of halogens is 1. The van der Waals surface area contributed by atoms with Crippen LogP contribution in [0.3, 0.4) is 0 Å². The highest BCUT2D eigenvalue weighted by Gasteiger charge is 2.14. The van der Waals surface area contributed by atoms with E-state index in [1.54, 1.807) is 38.2 Å². The summed E-state index contributed by atoms with van der Waals surface area (Å²) in [6, 6.07) is 15.4. The molecule has 0 atom stereocenters. The van der Waals surface area contributed by atoms with Crippen LogP contribution in [0.25, 0.3) is 11.3 Å². The summed E-state index contributed by atoms with van der Waals surface area (Å²) in [5, 5.41) is 2.58. The molecule has 3 rings (SSSR count). The fraction of sp³-hybridized carbons (Fsp3) is 0.143. The molecule has 0 unspecified atom stereocenters. The molecule has 0 saturated carbocycles. The number of sulfonamides is 1. The van der Waals surface area contributed by atoms with Gasteiger partial charge in [-0.15, -0.1) is 0 Å². The lowest BCUT2D eigenvalue weighted by atomic mass is 10.1. The molecule has 29 heavy (non-hydrogen) atoms. The fourth-order valence-electron chi connectivity index (χ4n) is 2.77. The Balaban J connectivity index is 1.71. The molecule has 2 N–H and O–H groups in total. The number of carbonyl (C=O) groups excluding carboxylic acids is 1. The molecule has 1 heterocycles. The number of pyridine rings is 1. The Labute approximate surface area is 168 Å². The molecule has 0 aliphatic carbocycles. The molecule has 150 valence electrons. The second kappa shape index (κ2) is 8.50. The number of nitrogens with zero attached hydrogens (tertiary/aromatic N) is 1. The van der Waals surface area contributed by atoms with E-state index in [-0.39, 0.29) is 17.3 Å². The second-order valence-electron chi connectivity index (χ2n) is 6.38. The highest BCUT2D eigenvalue weighted by molar-refractivity contribution is 7.89. The van der Waals surface area contributed by atoms with E-state index in [0.717, 1.165) is 23.3 Å². The molecule has 1 amide bonds. The van der Waals surface area contributed by atoms with Crippen molar-refractivity contribution in [1.82, 2.24) is 15.0 Å². The van der Waals surface area contributed by atoms with Crippen molar-refractivity contribution in [1.29, 1.82) is 0 Å². The number of nitrogens with one attached hydrogen (secondary N) is 2. The van der Waals surface area contributed by atoms with Gasteiger partial charge in [0.15, 0.2) is 0 Å². The van der Waals surface area contributed by atoms with E-state index >= 15 is 0 Å². The lowest BCUT2D eigenvalue weighted by Crippen LogP contribution is -2.23. The first kappa shape index (κ1) is 20.6. The maximum Gasteiger partial charge on any atom is 0.252 e. The lowest BCUT2D eigenvalue weighted by molar-refractivity contribution is 0.0962. The van der Waals surface area contributed by atoms with E-state index in [9.17, 15) is 17.6 Å². The summed E-state index contributed by atoms with van der Waals surface area (Å²) in [6.45, 7) is 1.87. The summed E-state index contributed by atoms with van der Waals surface area (Å²) in [7, 11) is -2.16. The molecular weight excluding hydrogens is 393 g/mol. The normalized spacial score (nSPS) is 11.3. The van der Waals surface area contributed by atoms with Crippen LogP contribution in [0.1, 0.15) is 21.6 Å². The number of carbonyl (C=O) groups is 1. The first-order chi connectivity index (χ1) is 13.8. The summed E-state index contributed by atoms with van der Waals surface area (Å²) >= 11 is 0. The zero-order valence-corrected chi connectivity index (χ0v) is 16.8. The minimum atomic E-state index is -3.73. The Bertz CT molecular complexity index is 1130. The van der Waals surface area contributed by atoms with Gasteiger partial charge in [-0.1, -0.05) is 24.3 Å². The number of rotatable bonds is 6. The molecule has 1 aromatic heterocycles. The Morgan fingerprint density at radius 3 is 2.24 bits per heavy atom. The van der Waals surface area contributed by atoms with Crippen molar-refractivity contribution >= 4 is 15.9 Å². The van der Waals surface area contributed by atoms with Crippen LogP contribution in [-0.2, 0) is 16.6 Å². The summed E-state index contributed by atoms with van der Waals surface area (Å²) in [6.07, 6.45) is 0. The molecule has 0 aliphatic heterocycles. The third kappa shape index (κ3) is 4.85. The second-order valence-corrected chi connectivity index (χ2v) is 8.15. The molecule has 0 aliphatic rings. The third-order valence-corrected chi connectivity index (χ3v) is 5.81. The molecule has 0 saturated heterocycles. The number of benzene rings is 2. The van der Waals surface area contributed by atoms with Gasteiger partial charge in [-0.25, -0.2) is 17.5 Å². The minimum absolute atomic E-state index is 0.00593. The van der Waals surface area contributed by atoms with Crippen molar-refractivity contribution in [3.8, 4) is 11.3 Å². The number of aromatic nitrogens is 1. The van der Waals surface area contributed by atoms with Gasteiger partial charge in [0.1, 0.15) is 5.82 Å². The predicted molar refractivity (Wildman–Crippen MR) is 108 cm³/mol. The van der Waals surface area contributed by atoms with Crippen molar-refractivity contribution in [2.24, 2.45) is 0 Å². The van der Waals surface area contributed by atoms with E-state index in [2.05, 4.69) is 15.0 Å². The molecule has 0 fully saturated rings. The van der Waals surface area contributed by atoms with Gasteiger partial charge in [0.05, 0.1) is 21.8 Å². The Morgan fingerprint density at radius 2 is 1.66 bits per heavy atom. The maximum atomic E-state index is 13.0. The Kier molecular flexibility index (Phi) is 6.05. The Morgan fingerprint density at radius 1 is 1.00 bits per heavy atom. The summed E-state index contributed by atoms with van der Waals surface area (Å²) in [4.78, 5) is 16.3. The van der Waals surface area contributed by atoms with Crippen LogP contribution in [0.2, 0.25) is 0 Å². The molecule has 2 aromatic carbocycles. The average molecular weight is 413 g/mol. The van der Waals surface area contributed by atoms with Crippen molar-refractivity contribution in [3.63, 3.8) is 0 Å². The van der Waals surface area contributed by atoms with E-state index in [1.165, 1.54) is 12.1 Å². The summed E-state index contributed by atoms with van der Waals surface area (Å²) < 4.78 is 40.0. The van der Waals surface area contributed by atoms with E-state index < -0.39 is 15.8 Å². The lowest BCUT2D eigenvalue weighted by Gasteiger charge is -2.09. The molecule has 0 bridgehead atoms. The van der Waals surface area contributed by atoms with Crippen LogP contribution in [0.4, 0.5) is 4.39 Å². The first-order valence-corrected chi connectivity index (χ1v) is 10.3. The van der Waals surface area contributed by atoms with Crippen molar-refractivity contribution in [2.75, 3.05) is 7.05 Å². The number of amides is 1. The van der Waals surface area contributed by atoms with Crippen LogP contribution >= 0.6 is 0 Å². The highest BCUT2D eigenvalue weighted by atomic mass is 32.2. The zero-order chi connectivity index (χ0) is 21.0. The monoisotopic (exact) mass is 413 g/mol. The minimum Gasteiger partial charge on any atom is -0.355 e. The van der Waals surface area contributed by atoms with E-state index in [4.69, 9.17) is 0 Å². The van der Waals surface area contributed by atoms with Crippen LogP contribution in [-0.4, -0.2) is 26.4 Å². The van der Waals surface area contributed by atoms with Gasteiger partial charge in [-0.05, 0) is 48.9 Å². The first-order valence-electron chi connectivity index (χ1n) is 8.84. The number of hydrogen-bond donors (Lipinski definition) is 2. The van der Waals surface area contributed by atoms with Gasteiger partial charge in [0.25, 0.3) is 5.91 Å². The quantitative estimate of drug-likeness (QED) is 0.650. The van der Waals surface area contributed by atoms with Crippen LogP contribution < -0.4 is 10.0 Å². The van der Waals surface area contributed by atoms with Gasteiger partial charge in [-0.2, -0.15) is 0 Å². The molecule has 0 radical (unpaired) electrons.